The van der Waals surface area contributed by atoms with E-state index in [4.69, 9.17) is 4.52 Å². The molecular weight excluding hydrogens is 414 g/mol. The number of halogens is 1. The Labute approximate surface area is 154 Å². The van der Waals surface area contributed by atoms with Crippen LogP contribution in [0.2, 0.25) is 0 Å². The van der Waals surface area contributed by atoms with E-state index in [2.05, 4.69) is 26.1 Å². The molecule has 1 aliphatic rings. The molecule has 2 heterocycles. The molecule has 0 amide bonds. The van der Waals surface area contributed by atoms with E-state index in [0.29, 0.717) is 34.8 Å². The summed E-state index contributed by atoms with van der Waals surface area (Å²) in [6, 6.07) is 3.34. The summed E-state index contributed by atoms with van der Waals surface area (Å²) in [6.07, 6.45) is 6.34. The van der Waals surface area contributed by atoms with Gasteiger partial charge in [-0.1, -0.05) is 24.4 Å². The number of sulfonamides is 1. The smallest absolute Gasteiger partial charge is 0.252 e. The first kappa shape index (κ1) is 18.0. The molecule has 24 heavy (non-hydrogen) atoms. The average molecular weight is 434 g/mol. The Balaban J connectivity index is 1.60. The summed E-state index contributed by atoms with van der Waals surface area (Å²) in [7, 11) is -1.89. The summed E-state index contributed by atoms with van der Waals surface area (Å²) < 4.78 is 32.8. The van der Waals surface area contributed by atoms with Crippen LogP contribution in [0.4, 0.5) is 0 Å². The third kappa shape index (κ3) is 4.07. The van der Waals surface area contributed by atoms with Crippen LogP contribution in [-0.4, -0.2) is 36.5 Å². The van der Waals surface area contributed by atoms with Crippen molar-refractivity contribution < 1.29 is 12.9 Å². The molecule has 0 unspecified atom stereocenters. The lowest BCUT2D eigenvalue weighted by molar-refractivity contribution is 0.311. The highest BCUT2D eigenvalue weighted by Gasteiger charge is 2.24. The molecule has 1 aliphatic carbocycles. The molecule has 0 radical (unpaired) electrons. The minimum Gasteiger partial charge on any atom is -0.339 e. The third-order valence-corrected chi connectivity index (χ3v) is 8.25. The minimum atomic E-state index is -3.47. The molecule has 0 spiro atoms. The van der Waals surface area contributed by atoms with Crippen molar-refractivity contribution in [2.45, 2.75) is 48.7 Å². The normalized spacial score (nSPS) is 16.8. The molecule has 3 rings (SSSR count). The zero-order chi connectivity index (χ0) is 17.2. The van der Waals surface area contributed by atoms with E-state index < -0.39 is 10.0 Å². The van der Waals surface area contributed by atoms with Crippen LogP contribution in [0.25, 0.3) is 0 Å². The molecule has 132 valence electrons. The van der Waals surface area contributed by atoms with E-state index in [-0.39, 0.29) is 0 Å². The molecule has 0 bridgehead atoms. The highest BCUT2D eigenvalue weighted by Crippen LogP contribution is 2.31. The van der Waals surface area contributed by atoms with E-state index in [1.54, 1.807) is 19.2 Å². The summed E-state index contributed by atoms with van der Waals surface area (Å²) in [6.45, 7) is 0.321. The quantitative estimate of drug-likeness (QED) is 0.691. The van der Waals surface area contributed by atoms with E-state index >= 15 is 0 Å². The first-order chi connectivity index (χ1) is 11.5. The molecule has 2 aromatic heterocycles. The number of nitrogens with zero attached hydrogens (tertiary/aromatic N) is 3. The Morgan fingerprint density at radius 3 is 2.75 bits per heavy atom. The molecule has 0 saturated heterocycles. The van der Waals surface area contributed by atoms with Crippen molar-refractivity contribution in [1.82, 2.24) is 14.4 Å². The van der Waals surface area contributed by atoms with E-state index in [1.165, 1.54) is 34.9 Å². The van der Waals surface area contributed by atoms with Crippen LogP contribution in [0, 0.1) is 0 Å². The van der Waals surface area contributed by atoms with Crippen molar-refractivity contribution in [3.63, 3.8) is 0 Å². The van der Waals surface area contributed by atoms with E-state index in [1.807, 2.05) is 0 Å². The van der Waals surface area contributed by atoms with Crippen molar-refractivity contribution in [3.05, 3.63) is 27.6 Å². The summed E-state index contributed by atoms with van der Waals surface area (Å²) in [5.41, 5.74) is 0. The fraction of sp³-hybridized carbons (Fsp3) is 0.600. The van der Waals surface area contributed by atoms with Crippen LogP contribution >= 0.6 is 27.3 Å². The molecule has 1 saturated carbocycles. The van der Waals surface area contributed by atoms with E-state index in [0.717, 1.165) is 16.6 Å². The van der Waals surface area contributed by atoms with Gasteiger partial charge >= 0.3 is 0 Å². The fourth-order valence-electron chi connectivity index (χ4n) is 2.85. The van der Waals surface area contributed by atoms with Crippen molar-refractivity contribution in [3.8, 4) is 0 Å². The van der Waals surface area contributed by atoms with Gasteiger partial charge in [0.25, 0.3) is 10.0 Å². The highest BCUT2D eigenvalue weighted by molar-refractivity contribution is 9.11. The minimum absolute atomic E-state index is 0.321. The highest BCUT2D eigenvalue weighted by atomic mass is 79.9. The van der Waals surface area contributed by atoms with Gasteiger partial charge in [0.05, 0.1) is 3.79 Å². The van der Waals surface area contributed by atoms with Crippen molar-refractivity contribution in [1.29, 1.82) is 0 Å². The Bertz CT molecular complexity index is 781. The van der Waals surface area contributed by atoms with E-state index in [9.17, 15) is 8.42 Å². The zero-order valence-corrected chi connectivity index (χ0v) is 16.7. The summed E-state index contributed by atoms with van der Waals surface area (Å²) in [5.74, 6) is 1.65. The van der Waals surface area contributed by atoms with Crippen molar-refractivity contribution in [2.24, 2.45) is 0 Å². The predicted molar refractivity (Wildman–Crippen MR) is 95.7 cm³/mol. The largest absolute Gasteiger partial charge is 0.339 e. The summed E-state index contributed by atoms with van der Waals surface area (Å²) in [4.78, 5) is 4.46. The molecule has 1 fully saturated rings. The van der Waals surface area contributed by atoms with Gasteiger partial charge in [0, 0.05) is 25.9 Å². The standard InChI is InChI=1S/C15H20BrN3O3S2/c1-19(24(20,21)14-8-7-12(16)23-14)10-9-13-17-15(22-18-13)11-5-3-2-4-6-11/h7-8,11H,2-6,9-10H2,1H3. The number of hydrogen-bond donors (Lipinski definition) is 0. The van der Waals surface area contributed by atoms with Gasteiger partial charge in [-0.05, 0) is 40.9 Å². The topological polar surface area (TPSA) is 76.3 Å². The van der Waals surface area contributed by atoms with Crippen LogP contribution in [0.1, 0.15) is 49.7 Å². The summed E-state index contributed by atoms with van der Waals surface area (Å²) >= 11 is 4.50. The molecule has 0 N–H and O–H groups in total. The summed E-state index contributed by atoms with van der Waals surface area (Å²) in [5, 5.41) is 4.01. The molecule has 2 aromatic rings. The maximum absolute atomic E-state index is 12.5. The number of thiophene rings is 1. The van der Waals surface area contributed by atoms with Gasteiger partial charge in [-0.15, -0.1) is 11.3 Å². The van der Waals surface area contributed by atoms with Crippen LogP contribution < -0.4 is 0 Å². The third-order valence-electron chi connectivity index (χ3n) is 4.30. The van der Waals surface area contributed by atoms with Crippen LogP contribution in [0.5, 0.6) is 0 Å². The first-order valence-electron chi connectivity index (χ1n) is 8.01. The maximum atomic E-state index is 12.5. The van der Waals surface area contributed by atoms with Gasteiger partial charge in [0.2, 0.25) is 5.89 Å². The van der Waals surface area contributed by atoms with Gasteiger partial charge in [0.1, 0.15) is 4.21 Å². The SMILES string of the molecule is CN(CCc1noc(C2CCCCC2)n1)S(=O)(=O)c1ccc(Br)s1. The van der Waals surface area contributed by atoms with Gasteiger partial charge < -0.3 is 4.52 Å². The Kier molecular flexibility index (Phi) is 5.74. The van der Waals surface area contributed by atoms with Gasteiger partial charge in [-0.3, -0.25) is 0 Å². The van der Waals surface area contributed by atoms with Crippen molar-refractivity contribution >= 4 is 37.3 Å². The van der Waals surface area contributed by atoms with Crippen LogP contribution in [0.15, 0.2) is 24.7 Å². The second kappa shape index (κ2) is 7.63. The lowest BCUT2D eigenvalue weighted by Gasteiger charge is -2.17. The second-order valence-electron chi connectivity index (χ2n) is 6.02. The molecule has 0 atom stereocenters. The lowest BCUT2D eigenvalue weighted by Crippen LogP contribution is -2.28. The predicted octanol–water partition coefficient (Wildman–Crippen LogP) is 3.80. The Morgan fingerprint density at radius 2 is 2.08 bits per heavy atom. The maximum Gasteiger partial charge on any atom is 0.252 e. The average Bonchev–Trinajstić information content (AvgIpc) is 3.22. The van der Waals surface area contributed by atoms with Gasteiger partial charge in [-0.2, -0.15) is 9.29 Å². The zero-order valence-electron chi connectivity index (χ0n) is 13.4. The molecule has 0 aliphatic heterocycles. The number of hydrogen-bond acceptors (Lipinski definition) is 6. The first-order valence-corrected chi connectivity index (χ1v) is 11.1. The van der Waals surface area contributed by atoms with Crippen molar-refractivity contribution in [2.75, 3.05) is 13.6 Å². The molecule has 9 heteroatoms. The molecule has 6 nitrogen and oxygen atoms in total. The number of rotatable bonds is 6. The van der Waals surface area contributed by atoms with Crippen LogP contribution in [-0.2, 0) is 16.4 Å². The fourth-order valence-corrected chi connectivity index (χ4v) is 6.24. The number of likely N-dealkylation sites (N-methyl/N-ethyl adjacent to an activating group) is 1. The second-order valence-corrected chi connectivity index (χ2v) is 10.8. The molecular formula is C15H20BrN3O3S2. The van der Waals surface area contributed by atoms with Gasteiger partial charge in [0.15, 0.2) is 5.82 Å². The lowest BCUT2D eigenvalue weighted by atomic mass is 9.89. The van der Waals surface area contributed by atoms with Gasteiger partial charge in [-0.25, -0.2) is 8.42 Å². The monoisotopic (exact) mass is 433 g/mol. The Morgan fingerprint density at radius 1 is 1.33 bits per heavy atom. The Hall–Kier alpha value is -0.770. The van der Waals surface area contributed by atoms with Crippen LogP contribution in [0.3, 0.4) is 0 Å². The number of aromatic nitrogens is 2. The molecule has 0 aromatic carbocycles.